The number of carbonyl (C=O) groups is 2. The fourth-order valence-corrected chi connectivity index (χ4v) is 4.52. The lowest BCUT2D eigenvalue weighted by Gasteiger charge is -2.35. The highest BCUT2D eigenvalue weighted by Gasteiger charge is 2.30. The Hall–Kier alpha value is -1.56. The van der Waals surface area contributed by atoms with E-state index >= 15 is 0 Å². The van der Waals surface area contributed by atoms with Gasteiger partial charge in [-0.2, -0.15) is 0 Å². The van der Waals surface area contributed by atoms with E-state index in [-0.39, 0.29) is 18.0 Å². The molecule has 3 heterocycles. The number of fused-ring (bicyclic) bond motifs is 1. The average molecular weight is 335 g/mol. The van der Waals surface area contributed by atoms with Crippen LogP contribution in [0.2, 0.25) is 0 Å². The molecule has 1 aromatic rings. The predicted octanol–water partition coefficient (Wildman–Crippen LogP) is 2.78. The number of nitrogens with zero attached hydrogens (tertiary/aromatic N) is 2. The molecule has 1 atom stereocenters. The van der Waals surface area contributed by atoms with E-state index in [4.69, 9.17) is 0 Å². The lowest BCUT2D eigenvalue weighted by Crippen LogP contribution is -2.45. The van der Waals surface area contributed by atoms with Gasteiger partial charge < -0.3 is 15.1 Å². The lowest BCUT2D eigenvalue weighted by atomic mass is 9.98. The highest BCUT2D eigenvalue weighted by Crippen LogP contribution is 2.35. The normalized spacial score (nSPS) is 20.7. The second kappa shape index (κ2) is 7.34. The molecular formula is C17H25N3O2S. The van der Waals surface area contributed by atoms with Gasteiger partial charge in [0.1, 0.15) is 0 Å². The third kappa shape index (κ3) is 3.52. The van der Waals surface area contributed by atoms with Crippen molar-refractivity contribution in [3.05, 3.63) is 21.9 Å². The Morgan fingerprint density at radius 1 is 1.39 bits per heavy atom. The fraction of sp³-hybridized carbons (Fsp3) is 0.647. The van der Waals surface area contributed by atoms with Crippen molar-refractivity contribution in [2.75, 3.05) is 26.2 Å². The van der Waals surface area contributed by atoms with Crippen molar-refractivity contribution in [1.29, 1.82) is 0 Å². The fourth-order valence-electron chi connectivity index (χ4n) is 3.59. The van der Waals surface area contributed by atoms with Crippen LogP contribution >= 0.6 is 11.3 Å². The molecule has 0 aliphatic carbocycles. The SMILES string of the molecule is CC[C@H]1c2ccsc2CCN1C(=O)NCCCN1CCCC1=O. The topological polar surface area (TPSA) is 52.7 Å². The lowest BCUT2D eigenvalue weighted by molar-refractivity contribution is -0.127. The van der Waals surface area contributed by atoms with Crippen LogP contribution in [0.15, 0.2) is 11.4 Å². The Labute approximate surface area is 141 Å². The first-order chi connectivity index (χ1) is 11.2. The maximum absolute atomic E-state index is 12.5. The monoisotopic (exact) mass is 335 g/mol. The second-order valence-electron chi connectivity index (χ2n) is 6.24. The van der Waals surface area contributed by atoms with Crippen LogP contribution in [0.1, 0.15) is 49.1 Å². The Kier molecular flexibility index (Phi) is 5.20. The van der Waals surface area contributed by atoms with Crippen LogP contribution < -0.4 is 5.32 Å². The highest BCUT2D eigenvalue weighted by molar-refractivity contribution is 7.10. The maximum atomic E-state index is 12.5. The van der Waals surface area contributed by atoms with Gasteiger partial charge in [-0.3, -0.25) is 4.79 Å². The predicted molar refractivity (Wildman–Crippen MR) is 91.6 cm³/mol. The summed E-state index contributed by atoms with van der Waals surface area (Å²) < 4.78 is 0. The van der Waals surface area contributed by atoms with Crippen LogP contribution in [-0.4, -0.2) is 47.9 Å². The van der Waals surface area contributed by atoms with Gasteiger partial charge in [0, 0.05) is 37.5 Å². The summed E-state index contributed by atoms with van der Waals surface area (Å²) in [6, 6.07) is 2.39. The number of likely N-dealkylation sites (tertiary alicyclic amines) is 1. The zero-order valence-corrected chi connectivity index (χ0v) is 14.5. The quantitative estimate of drug-likeness (QED) is 0.841. The molecule has 3 rings (SSSR count). The van der Waals surface area contributed by atoms with Gasteiger partial charge in [0.15, 0.2) is 0 Å². The van der Waals surface area contributed by atoms with E-state index in [0.717, 1.165) is 45.3 Å². The minimum absolute atomic E-state index is 0.0291. The van der Waals surface area contributed by atoms with Crippen molar-refractivity contribution in [2.24, 2.45) is 0 Å². The number of hydrogen-bond donors (Lipinski definition) is 1. The van der Waals surface area contributed by atoms with Crippen molar-refractivity contribution >= 4 is 23.3 Å². The van der Waals surface area contributed by atoms with Crippen LogP contribution in [-0.2, 0) is 11.2 Å². The molecule has 3 amide bonds. The summed E-state index contributed by atoms with van der Waals surface area (Å²) in [5.41, 5.74) is 1.32. The first-order valence-electron chi connectivity index (χ1n) is 8.59. The van der Waals surface area contributed by atoms with Gasteiger partial charge in [-0.05, 0) is 42.7 Å². The Morgan fingerprint density at radius 3 is 3.00 bits per heavy atom. The standard InChI is InChI=1S/C17H25N3O2S/c1-2-14-13-7-12-23-15(13)6-11-20(14)17(22)18-8-4-10-19-9-3-5-16(19)21/h7,12,14H,2-6,8-11H2,1H3,(H,18,22)/t14-/m0/s1. The smallest absolute Gasteiger partial charge is 0.317 e. The molecule has 0 bridgehead atoms. The molecule has 1 fully saturated rings. The van der Waals surface area contributed by atoms with Crippen molar-refractivity contribution < 1.29 is 9.59 Å². The minimum Gasteiger partial charge on any atom is -0.343 e. The first kappa shape index (κ1) is 16.3. The molecular weight excluding hydrogens is 310 g/mol. The molecule has 1 N–H and O–H groups in total. The Balaban J connectivity index is 1.47. The number of carbonyl (C=O) groups excluding carboxylic acids is 2. The van der Waals surface area contributed by atoms with Gasteiger partial charge in [-0.15, -0.1) is 11.3 Å². The second-order valence-corrected chi connectivity index (χ2v) is 7.24. The van der Waals surface area contributed by atoms with Gasteiger partial charge in [0.05, 0.1) is 6.04 Å². The first-order valence-corrected chi connectivity index (χ1v) is 9.47. The van der Waals surface area contributed by atoms with Gasteiger partial charge in [0.25, 0.3) is 0 Å². The van der Waals surface area contributed by atoms with E-state index in [1.54, 1.807) is 11.3 Å². The van der Waals surface area contributed by atoms with E-state index < -0.39 is 0 Å². The zero-order valence-electron chi connectivity index (χ0n) is 13.7. The van der Waals surface area contributed by atoms with Crippen molar-refractivity contribution in [2.45, 2.75) is 45.1 Å². The summed E-state index contributed by atoms with van der Waals surface area (Å²) >= 11 is 1.80. The third-order valence-corrected chi connectivity index (χ3v) is 5.79. The highest BCUT2D eigenvalue weighted by atomic mass is 32.1. The molecule has 0 radical (unpaired) electrons. The third-order valence-electron chi connectivity index (χ3n) is 4.79. The molecule has 2 aliphatic rings. The summed E-state index contributed by atoms with van der Waals surface area (Å²) in [5, 5.41) is 5.16. The molecule has 1 aromatic heterocycles. The molecule has 6 heteroatoms. The van der Waals surface area contributed by atoms with Crippen molar-refractivity contribution in [1.82, 2.24) is 15.1 Å². The van der Waals surface area contributed by atoms with Gasteiger partial charge in [-0.25, -0.2) is 4.79 Å². The molecule has 1 saturated heterocycles. The molecule has 0 saturated carbocycles. The molecule has 126 valence electrons. The van der Waals surface area contributed by atoms with E-state index in [9.17, 15) is 9.59 Å². The molecule has 0 aromatic carbocycles. The summed E-state index contributed by atoms with van der Waals surface area (Å²) in [6.45, 7) is 5.19. The summed E-state index contributed by atoms with van der Waals surface area (Å²) in [4.78, 5) is 29.3. The molecule has 2 aliphatic heterocycles. The van der Waals surface area contributed by atoms with Gasteiger partial charge in [0.2, 0.25) is 5.91 Å². The van der Waals surface area contributed by atoms with Crippen LogP contribution in [0.4, 0.5) is 4.79 Å². The molecule has 0 spiro atoms. The maximum Gasteiger partial charge on any atom is 0.317 e. The number of nitrogens with one attached hydrogen (secondary N) is 1. The van der Waals surface area contributed by atoms with Crippen molar-refractivity contribution in [3.8, 4) is 0 Å². The van der Waals surface area contributed by atoms with Gasteiger partial charge in [-0.1, -0.05) is 6.92 Å². The van der Waals surface area contributed by atoms with Crippen LogP contribution in [0.3, 0.4) is 0 Å². The largest absolute Gasteiger partial charge is 0.343 e. The summed E-state index contributed by atoms with van der Waals surface area (Å²) in [7, 11) is 0. The number of hydrogen-bond acceptors (Lipinski definition) is 3. The van der Waals surface area contributed by atoms with Crippen LogP contribution in [0, 0.1) is 0 Å². The van der Waals surface area contributed by atoms with E-state index in [1.165, 1.54) is 10.4 Å². The zero-order chi connectivity index (χ0) is 16.2. The summed E-state index contributed by atoms with van der Waals surface area (Å²) in [6.07, 6.45) is 4.38. The number of amides is 3. The minimum atomic E-state index is 0.0291. The number of rotatable bonds is 5. The van der Waals surface area contributed by atoms with Crippen molar-refractivity contribution in [3.63, 3.8) is 0 Å². The number of urea groups is 1. The molecule has 23 heavy (non-hydrogen) atoms. The van der Waals surface area contributed by atoms with E-state index in [0.29, 0.717) is 13.0 Å². The van der Waals surface area contributed by atoms with E-state index in [1.807, 2.05) is 9.80 Å². The Morgan fingerprint density at radius 2 is 2.26 bits per heavy atom. The molecule has 0 unspecified atom stereocenters. The summed E-state index contributed by atoms with van der Waals surface area (Å²) in [5.74, 6) is 0.253. The van der Waals surface area contributed by atoms with Crippen LogP contribution in [0.5, 0.6) is 0 Å². The average Bonchev–Trinajstić information content (AvgIpc) is 3.19. The van der Waals surface area contributed by atoms with E-state index in [2.05, 4.69) is 23.7 Å². The molecule has 5 nitrogen and oxygen atoms in total. The van der Waals surface area contributed by atoms with Gasteiger partial charge >= 0.3 is 6.03 Å². The number of thiophene rings is 1. The Bertz CT molecular complexity index is 572. The van der Waals surface area contributed by atoms with Crippen LogP contribution in [0.25, 0.3) is 0 Å².